The van der Waals surface area contributed by atoms with Crippen LogP contribution < -0.4 is 10.9 Å². The number of esters is 3. The normalized spacial score (nSPS) is 28.0. The zero-order chi connectivity index (χ0) is 19.9. The molecule has 1 aliphatic heterocycles. The molecule has 2 N–H and O–H groups in total. The lowest BCUT2D eigenvalue weighted by Gasteiger charge is -2.44. The lowest BCUT2D eigenvalue weighted by Crippen LogP contribution is -2.68. The molecule has 1 heterocycles. The molecule has 1 rings (SSSR count). The van der Waals surface area contributed by atoms with E-state index in [1.54, 1.807) is 0 Å². The molecule has 11 nitrogen and oxygen atoms in total. The molecule has 26 heavy (non-hydrogen) atoms. The number of hydrogen-bond acceptors (Lipinski definition) is 10. The van der Waals surface area contributed by atoms with Crippen molar-refractivity contribution in [1.29, 1.82) is 0 Å². The van der Waals surface area contributed by atoms with Crippen LogP contribution in [0.25, 0.3) is 0 Å². The van der Waals surface area contributed by atoms with Crippen LogP contribution in [0.4, 0.5) is 0 Å². The minimum absolute atomic E-state index is 0.252. The molecular formula is C15H24N2O9. The SMILES string of the molecule is COC1OC(COC(C)=O)C(OC(C)=O)C(OC(C)=O)C1NNC(C)=O. The number of amides is 1. The Morgan fingerprint density at radius 1 is 0.923 bits per heavy atom. The molecule has 0 bridgehead atoms. The van der Waals surface area contributed by atoms with Crippen LogP contribution in [0, 0.1) is 0 Å². The van der Waals surface area contributed by atoms with Gasteiger partial charge < -0.3 is 23.7 Å². The maximum Gasteiger partial charge on any atom is 0.303 e. The lowest BCUT2D eigenvalue weighted by molar-refractivity contribution is -0.273. The maximum absolute atomic E-state index is 11.5. The third-order valence-electron chi connectivity index (χ3n) is 3.35. The standard InChI is InChI=1S/C15H24N2O9/c1-7(18)16-17-12-14(25-10(4)21)13(24-9(3)20)11(6-23-8(2)19)26-15(12)22-5/h11-15,17H,6H2,1-5H3,(H,16,18). The van der Waals surface area contributed by atoms with Crippen molar-refractivity contribution in [3.63, 3.8) is 0 Å². The Morgan fingerprint density at radius 3 is 1.96 bits per heavy atom. The molecule has 0 radical (unpaired) electrons. The number of ether oxygens (including phenoxy) is 5. The van der Waals surface area contributed by atoms with Gasteiger partial charge in [-0.25, -0.2) is 5.43 Å². The molecule has 0 spiro atoms. The highest BCUT2D eigenvalue weighted by atomic mass is 16.7. The number of rotatable bonds is 7. The Kier molecular flexibility index (Phi) is 8.42. The minimum Gasteiger partial charge on any atom is -0.463 e. The highest BCUT2D eigenvalue weighted by Gasteiger charge is 2.50. The largest absolute Gasteiger partial charge is 0.463 e. The Balaban J connectivity index is 3.15. The third kappa shape index (κ3) is 6.58. The van der Waals surface area contributed by atoms with Crippen molar-refractivity contribution in [3.8, 4) is 0 Å². The van der Waals surface area contributed by atoms with E-state index < -0.39 is 54.5 Å². The zero-order valence-corrected chi connectivity index (χ0v) is 15.3. The molecule has 1 fully saturated rings. The molecule has 5 atom stereocenters. The summed E-state index contributed by atoms with van der Waals surface area (Å²) in [7, 11) is 1.34. The summed E-state index contributed by atoms with van der Waals surface area (Å²) in [5, 5.41) is 0. The van der Waals surface area contributed by atoms with Crippen molar-refractivity contribution in [2.24, 2.45) is 0 Å². The van der Waals surface area contributed by atoms with Gasteiger partial charge in [0.05, 0.1) is 0 Å². The predicted octanol–water partition coefficient (Wildman–Crippen LogP) is -1.21. The van der Waals surface area contributed by atoms with Gasteiger partial charge >= 0.3 is 17.9 Å². The van der Waals surface area contributed by atoms with Crippen LogP contribution in [0.3, 0.4) is 0 Å². The Morgan fingerprint density at radius 2 is 1.50 bits per heavy atom. The number of hydrazine groups is 1. The van der Waals surface area contributed by atoms with E-state index in [-0.39, 0.29) is 6.61 Å². The second-order valence-electron chi connectivity index (χ2n) is 5.58. The van der Waals surface area contributed by atoms with E-state index in [9.17, 15) is 19.2 Å². The van der Waals surface area contributed by atoms with Gasteiger partial charge in [-0.2, -0.15) is 0 Å². The van der Waals surface area contributed by atoms with E-state index in [4.69, 9.17) is 23.7 Å². The monoisotopic (exact) mass is 376 g/mol. The summed E-state index contributed by atoms with van der Waals surface area (Å²) in [5.41, 5.74) is 5.00. The van der Waals surface area contributed by atoms with Crippen LogP contribution >= 0.6 is 0 Å². The van der Waals surface area contributed by atoms with Crippen molar-refractivity contribution < 1.29 is 42.9 Å². The van der Waals surface area contributed by atoms with Gasteiger partial charge in [0.25, 0.3) is 0 Å². The van der Waals surface area contributed by atoms with E-state index >= 15 is 0 Å². The zero-order valence-electron chi connectivity index (χ0n) is 15.3. The third-order valence-corrected chi connectivity index (χ3v) is 3.35. The summed E-state index contributed by atoms with van der Waals surface area (Å²) in [6.45, 7) is 4.58. The number of nitrogens with one attached hydrogen (secondary N) is 2. The van der Waals surface area contributed by atoms with Crippen molar-refractivity contribution in [1.82, 2.24) is 10.9 Å². The van der Waals surface area contributed by atoms with Crippen molar-refractivity contribution in [3.05, 3.63) is 0 Å². The summed E-state index contributed by atoms with van der Waals surface area (Å²) >= 11 is 0. The van der Waals surface area contributed by atoms with Crippen LogP contribution in [-0.2, 0) is 42.9 Å². The molecule has 0 aromatic heterocycles. The van der Waals surface area contributed by atoms with Gasteiger partial charge in [0.2, 0.25) is 5.91 Å². The number of carbonyl (C=O) groups is 4. The first-order valence-electron chi connectivity index (χ1n) is 7.83. The fourth-order valence-corrected chi connectivity index (χ4v) is 2.44. The molecule has 1 aliphatic rings. The molecular weight excluding hydrogens is 352 g/mol. The van der Waals surface area contributed by atoms with Gasteiger partial charge in [0.1, 0.15) is 18.8 Å². The van der Waals surface area contributed by atoms with Gasteiger partial charge in [-0.05, 0) is 0 Å². The molecule has 0 saturated carbocycles. The van der Waals surface area contributed by atoms with Crippen LogP contribution in [0.2, 0.25) is 0 Å². The molecule has 1 amide bonds. The van der Waals surface area contributed by atoms with Gasteiger partial charge in [-0.1, -0.05) is 0 Å². The Hall–Kier alpha value is -2.24. The van der Waals surface area contributed by atoms with Gasteiger partial charge in [-0.15, -0.1) is 0 Å². The highest BCUT2D eigenvalue weighted by Crippen LogP contribution is 2.27. The average molecular weight is 376 g/mol. The summed E-state index contributed by atoms with van der Waals surface area (Å²) in [4.78, 5) is 45.4. The van der Waals surface area contributed by atoms with Crippen molar-refractivity contribution in [2.75, 3.05) is 13.7 Å². The molecule has 5 unspecified atom stereocenters. The van der Waals surface area contributed by atoms with E-state index in [0.29, 0.717) is 0 Å². The fraction of sp³-hybridized carbons (Fsp3) is 0.733. The van der Waals surface area contributed by atoms with Gasteiger partial charge in [0.15, 0.2) is 18.5 Å². The molecule has 0 aliphatic carbocycles. The van der Waals surface area contributed by atoms with E-state index in [2.05, 4.69) is 10.9 Å². The van der Waals surface area contributed by atoms with Gasteiger partial charge in [0, 0.05) is 34.8 Å². The van der Waals surface area contributed by atoms with Crippen molar-refractivity contribution >= 4 is 23.8 Å². The first-order valence-corrected chi connectivity index (χ1v) is 7.83. The van der Waals surface area contributed by atoms with Crippen molar-refractivity contribution in [2.45, 2.75) is 58.3 Å². The van der Waals surface area contributed by atoms with E-state index in [1.165, 1.54) is 34.8 Å². The number of methoxy groups -OCH3 is 1. The number of hydrogen-bond donors (Lipinski definition) is 2. The maximum atomic E-state index is 11.5. The first-order chi connectivity index (χ1) is 12.1. The number of carbonyl (C=O) groups excluding carboxylic acids is 4. The van der Waals surface area contributed by atoms with Crippen LogP contribution in [-0.4, -0.2) is 68.2 Å². The smallest absolute Gasteiger partial charge is 0.303 e. The average Bonchev–Trinajstić information content (AvgIpc) is 2.52. The second kappa shape index (κ2) is 10.0. The first kappa shape index (κ1) is 21.8. The Labute approximate surface area is 150 Å². The summed E-state index contributed by atoms with van der Waals surface area (Å²) in [5.74, 6) is -2.28. The molecule has 0 aromatic carbocycles. The summed E-state index contributed by atoms with van der Waals surface area (Å²) < 4.78 is 26.4. The lowest BCUT2D eigenvalue weighted by atomic mass is 9.96. The minimum atomic E-state index is -1.10. The van der Waals surface area contributed by atoms with E-state index in [1.807, 2.05) is 0 Å². The quantitative estimate of drug-likeness (QED) is 0.316. The fourth-order valence-electron chi connectivity index (χ4n) is 2.44. The van der Waals surface area contributed by atoms with Crippen LogP contribution in [0.1, 0.15) is 27.7 Å². The predicted molar refractivity (Wildman–Crippen MR) is 84.2 cm³/mol. The topological polar surface area (TPSA) is 138 Å². The van der Waals surface area contributed by atoms with Crippen LogP contribution in [0.5, 0.6) is 0 Å². The molecule has 1 saturated heterocycles. The summed E-state index contributed by atoms with van der Waals surface area (Å²) in [6.07, 6.45) is -4.14. The Bertz CT molecular complexity index is 539. The molecule has 11 heteroatoms. The van der Waals surface area contributed by atoms with Gasteiger partial charge in [-0.3, -0.25) is 24.6 Å². The summed E-state index contributed by atoms with van der Waals surface area (Å²) in [6, 6.07) is -0.897. The van der Waals surface area contributed by atoms with Crippen LogP contribution in [0.15, 0.2) is 0 Å². The van der Waals surface area contributed by atoms with E-state index in [0.717, 1.165) is 0 Å². The highest BCUT2D eigenvalue weighted by molar-refractivity contribution is 5.72. The molecule has 0 aromatic rings. The second-order valence-corrected chi connectivity index (χ2v) is 5.58. The molecule has 148 valence electrons.